The minimum Gasteiger partial charge on any atom is -0.314 e. The minimum atomic E-state index is 0.971. The van der Waals surface area contributed by atoms with E-state index in [1.54, 1.807) is 0 Å². The van der Waals surface area contributed by atoms with Crippen LogP contribution in [0.4, 0.5) is 11.4 Å². The molecule has 1 heterocycles. The van der Waals surface area contributed by atoms with Crippen molar-refractivity contribution in [3.05, 3.63) is 155 Å². The second-order valence-electron chi connectivity index (χ2n) is 10.1. The Bertz CT molecular complexity index is 1770. The Kier molecular flexibility index (Phi) is 6.32. The number of fused-ring (bicyclic) bond motifs is 3. The predicted octanol–water partition coefficient (Wildman–Crippen LogP) is 10.6. The summed E-state index contributed by atoms with van der Waals surface area (Å²) in [6, 6.07) is 37.4. The van der Waals surface area contributed by atoms with Gasteiger partial charge in [-0.25, -0.2) is 0 Å². The van der Waals surface area contributed by atoms with Crippen molar-refractivity contribution in [1.29, 1.82) is 0 Å². The molecular formula is C37H29NS. The van der Waals surface area contributed by atoms with E-state index < -0.39 is 0 Å². The lowest BCUT2D eigenvalue weighted by Crippen LogP contribution is -2.18. The molecule has 188 valence electrons. The van der Waals surface area contributed by atoms with Crippen LogP contribution in [0.1, 0.15) is 28.8 Å². The Morgan fingerprint density at radius 2 is 1.44 bits per heavy atom. The van der Waals surface area contributed by atoms with Crippen molar-refractivity contribution < 1.29 is 0 Å². The van der Waals surface area contributed by atoms with Gasteiger partial charge in [-0.05, 0) is 95.0 Å². The molecule has 39 heavy (non-hydrogen) atoms. The van der Waals surface area contributed by atoms with Gasteiger partial charge in [-0.1, -0.05) is 97.1 Å². The van der Waals surface area contributed by atoms with Crippen molar-refractivity contribution >= 4 is 44.4 Å². The van der Waals surface area contributed by atoms with Crippen LogP contribution in [0.5, 0.6) is 0 Å². The summed E-state index contributed by atoms with van der Waals surface area (Å²) in [5.41, 5.74) is 10.2. The van der Waals surface area contributed by atoms with Gasteiger partial charge in [0.1, 0.15) is 0 Å². The predicted molar refractivity (Wildman–Crippen MR) is 169 cm³/mol. The standard InChI is InChI=1S/C37H29NS/c1-4-12-27(13-5-1)29-16-10-18-31(24-29)38(32-19-11-17-30(25-32)28-14-6-2-7-15-28)33-22-23-37-35(26-33)34-20-8-3-9-21-36(34)39-37/h1-10,12-18,21-26H,11,19-20H2. The number of hydrogen-bond acceptors (Lipinski definition) is 2. The van der Waals surface area contributed by atoms with E-state index in [1.807, 2.05) is 11.3 Å². The van der Waals surface area contributed by atoms with Crippen LogP contribution in [0.25, 0.3) is 32.9 Å². The molecule has 0 saturated heterocycles. The quantitative estimate of drug-likeness (QED) is 0.223. The number of hydrogen-bond donors (Lipinski definition) is 0. The Morgan fingerprint density at radius 1 is 0.667 bits per heavy atom. The second kappa shape index (κ2) is 10.4. The van der Waals surface area contributed by atoms with Crippen LogP contribution >= 0.6 is 11.3 Å². The first-order valence-corrected chi connectivity index (χ1v) is 14.5. The van der Waals surface area contributed by atoms with Gasteiger partial charge in [-0.2, -0.15) is 0 Å². The van der Waals surface area contributed by atoms with Gasteiger partial charge in [0.2, 0.25) is 0 Å². The van der Waals surface area contributed by atoms with Crippen LogP contribution in [-0.4, -0.2) is 0 Å². The highest BCUT2D eigenvalue weighted by Gasteiger charge is 2.20. The first-order chi connectivity index (χ1) is 19.3. The van der Waals surface area contributed by atoms with Crippen LogP contribution in [0, 0.1) is 0 Å². The van der Waals surface area contributed by atoms with Crippen LogP contribution in [0.15, 0.2) is 139 Å². The van der Waals surface area contributed by atoms with E-state index in [0.717, 1.165) is 19.3 Å². The molecule has 0 aliphatic heterocycles. The van der Waals surface area contributed by atoms with E-state index in [-0.39, 0.29) is 0 Å². The molecule has 0 unspecified atom stereocenters. The molecule has 0 atom stereocenters. The maximum atomic E-state index is 2.48. The highest BCUT2D eigenvalue weighted by atomic mass is 32.1. The monoisotopic (exact) mass is 519 g/mol. The number of anilines is 2. The van der Waals surface area contributed by atoms with Crippen molar-refractivity contribution in [3.63, 3.8) is 0 Å². The summed E-state index contributed by atoms with van der Waals surface area (Å²) in [6.07, 6.45) is 16.6. The third-order valence-electron chi connectivity index (χ3n) is 7.57. The molecule has 2 heteroatoms. The number of thiophene rings is 1. The molecule has 0 bridgehead atoms. The van der Waals surface area contributed by atoms with Crippen LogP contribution in [0.2, 0.25) is 0 Å². The lowest BCUT2D eigenvalue weighted by atomic mass is 9.96. The van der Waals surface area contributed by atoms with Crippen LogP contribution in [0.3, 0.4) is 0 Å². The van der Waals surface area contributed by atoms with Gasteiger partial charge in [-0.3, -0.25) is 0 Å². The summed E-state index contributed by atoms with van der Waals surface area (Å²) in [7, 11) is 0. The number of nitrogens with zero attached hydrogens (tertiary/aromatic N) is 1. The summed E-state index contributed by atoms with van der Waals surface area (Å²) < 4.78 is 1.35. The van der Waals surface area contributed by atoms with Crippen LogP contribution < -0.4 is 4.90 Å². The highest BCUT2D eigenvalue weighted by Crippen LogP contribution is 2.41. The third kappa shape index (κ3) is 4.69. The molecular weight excluding hydrogens is 490 g/mol. The first-order valence-electron chi connectivity index (χ1n) is 13.6. The molecule has 0 saturated carbocycles. The lowest BCUT2D eigenvalue weighted by Gasteiger charge is -2.30. The summed E-state index contributed by atoms with van der Waals surface area (Å²) in [4.78, 5) is 3.85. The summed E-state index contributed by atoms with van der Waals surface area (Å²) in [5, 5.41) is 1.36. The Labute approximate surface area is 234 Å². The average Bonchev–Trinajstić information content (AvgIpc) is 3.18. The van der Waals surface area contributed by atoms with Crippen LogP contribution in [-0.2, 0) is 6.42 Å². The summed E-state index contributed by atoms with van der Waals surface area (Å²) in [6.45, 7) is 0. The minimum absolute atomic E-state index is 0.971. The molecule has 7 rings (SSSR count). The van der Waals surface area contributed by atoms with Gasteiger partial charge in [0.05, 0.1) is 0 Å². The van der Waals surface area contributed by atoms with Crippen molar-refractivity contribution in [2.75, 3.05) is 4.90 Å². The number of allylic oxidation sites excluding steroid dienone is 7. The summed E-state index contributed by atoms with van der Waals surface area (Å²) in [5.74, 6) is 0. The Balaban J connectivity index is 1.39. The molecule has 0 N–H and O–H groups in total. The fourth-order valence-corrected chi connectivity index (χ4v) is 6.81. The third-order valence-corrected chi connectivity index (χ3v) is 8.75. The maximum Gasteiger partial charge on any atom is 0.0465 e. The summed E-state index contributed by atoms with van der Waals surface area (Å²) >= 11 is 1.89. The fraction of sp³-hybridized carbons (Fsp3) is 0.0811. The molecule has 0 fully saturated rings. The molecule has 0 radical (unpaired) electrons. The van der Waals surface area contributed by atoms with Gasteiger partial charge >= 0.3 is 0 Å². The van der Waals surface area contributed by atoms with E-state index in [4.69, 9.17) is 0 Å². The first kappa shape index (κ1) is 23.7. The zero-order valence-electron chi connectivity index (χ0n) is 21.8. The zero-order chi connectivity index (χ0) is 26.0. The van der Waals surface area contributed by atoms with Gasteiger partial charge in [0.25, 0.3) is 0 Å². The highest BCUT2D eigenvalue weighted by molar-refractivity contribution is 7.20. The molecule has 2 aliphatic rings. The lowest BCUT2D eigenvalue weighted by molar-refractivity contribution is 0.922. The normalized spacial score (nSPS) is 14.5. The Morgan fingerprint density at radius 3 is 2.28 bits per heavy atom. The van der Waals surface area contributed by atoms with Gasteiger partial charge < -0.3 is 4.90 Å². The smallest absolute Gasteiger partial charge is 0.0465 e. The molecule has 4 aromatic carbocycles. The second-order valence-corrected chi connectivity index (χ2v) is 11.2. The molecule has 1 aromatic heterocycles. The molecule has 1 nitrogen and oxygen atoms in total. The van der Waals surface area contributed by atoms with E-state index >= 15 is 0 Å². The Hall–Kier alpha value is -4.40. The van der Waals surface area contributed by atoms with Crippen molar-refractivity contribution in [2.24, 2.45) is 0 Å². The van der Waals surface area contributed by atoms with Gasteiger partial charge in [-0.15, -0.1) is 11.3 Å². The topological polar surface area (TPSA) is 3.24 Å². The molecule has 2 aliphatic carbocycles. The van der Waals surface area contributed by atoms with E-state index in [0.29, 0.717) is 0 Å². The molecule has 5 aromatic rings. The number of rotatable bonds is 5. The number of benzene rings is 4. The molecule has 0 spiro atoms. The maximum absolute atomic E-state index is 2.48. The molecule has 0 amide bonds. The zero-order valence-corrected chi connectivity index (χ0v) is 22.6. The van der Waals surface area contributed by atoms with Crippen molar-refractivity contribution in [3.8, 4) is 11.1 Å². The van der Waals surface area contributed by atoms with Crippen molar-refractivity contribution in [2.45, 2.75) is 19.3 Å². The average molecular weight is 520 g/mol. The largest absolute Gasteiger partial charge is 0.314 e. The van der Waals surface area contributed by atoms with Crippen molar-refractivity contribution in [1.82, 2.24) is 0 Å². The van der Waals surface area contributed by atoms with Gasteiger partial charge in [0, 0.05) is 26.6 Å². The van der Waals surface area contributed by atoms with E-state index in [1.165, 1.54) is 59.9 Å². The SMILES string of the molecule is C1=CCc2c(sc3ccc(N(C4=CC(c5ccccc5)=CCC4)c4cccc(-c5ccccc5)c4)cc23)C=C1. The van der Waals surface area contributed by atoms with E-state index in [2.05, 4.69) is 144 Å². The fourth-order valence-electron chi connectivity index (χ4n) is 5.68. The van der Waals surface area contributed by atoms with E-state index in [9.17, 15) is 0 Å². The van der Waals surface area contributed by atoms with Gasteiger partial charge in [0.15, 0.2) is 0 Å².